The van der Waals surface area contributed by atoms with Crippen molar-refractivity contribution in [3.05, 3.63) is 66.7 Å². The van der Waals surface area contributed by atoms with Crippen LogP contribution in [-0.2, 0) is 11.9 Å². The van der Waals surface area contributed by atoms with Crippen molar-refractivity contribution in [1.82, 2.24) is 34.5 Å². The van der Waals surface area contributed by atoms with Gasteiger partial charge in [-0.2, -0.15) is 10.1 Å². The van der Waals surface area contributed by atoms with Crippen LogP contribution in [0.3, 0.4) is 0 Å². The average molecular weight is 611 g/mol. The lowest BCUT2D eigenvalue weighted by molar-refractivity contribution is 0.0981. The minimum absolute atomic E-state index is 0.0852. The van der Waals surface area contributed by atoms with Crippen LogP contribution in [0.2, 0.25) is 0 Å². The number of anilines is 4. The number of ether oxygens (including phenoxy) is 1. The van der Waals surface area contributed by atoms with Crippen LogP contribution in [0, 0.1) is 0 Å². The third kappa shape index (κ3) is 6.31. The van der Waals surface area contributed by atoms with Gasteiger partial charge < -0.3 is 19.9 Å². The third-order valence-electron chi connectivity index (χ3n) is 9.23. The molecule has 7 rings (SSSR count). The molecule has 1 aromatic carbocycles. The second-order valence-corrected chi connectivity index (χ2v) is 12.1. The predicted octanol–water partition coefficient (Wildman–Crippen LogP) is 4.12. The summed E-state index contributed by atoms with van der Waals surface area (Å²) in [6.45, 7) is 7.11. The maximum atomic E-state index is 6.03. The number of nitrogens with one attached hydrogen (secondary N) is 1. The van der Waals surface area contributed by atoms with Gasteiger partial charge in [-0.05, 0) is 31.5 Å². The number of benzene rings is 1. The summed E-state index contributed by atoms with van der Waals surface area (Å²) >= 11 is 0. The summed E-state index contributed by atoms with van der Waals surface area (Å²) < 4.78 is 7.69. The first kappa shape index (κ1) is 29.5. The Hall–Kier alpha value is -4.26. The van der Waals surface area contributed by atoms with Gasteiger partial charge in [0.1, 0.15) is 23.7 Å². The second kappa shape index (κ2) is 13.0. The molecule has 0 bridgehead atoms. The van der Waals surface area contributed by atoms with Crippen LogP contribution in [0.15, 0.2) is 61.2 Å². The number of nitrogens with zero attached hydrogens (tertiary/aromatic N) is 9. The molecule has 12 nitrogen and oxygen atoms in total. The maximum Gasteiger partial charge on any atom is 0.239 e. The highest BCUT2D eigenvalue weighted by Crippen LogP contribution is 2.39. The van der Waals surface area contributed by atoms with E-state index in [1.807, 2.05) is 41.3 Å². The van der Waals surface area contributed by atoms with Crippen molar-refractivity contribution in [1.29, 1.82) is 0 Å². The molecule has 1 atom stereocenters. The minimum atomic E-state index is 0.0852. The van der Waals surface area contributed by atoms with Gasteiger partial charge in [-0.1, -0.05) is 30.3 Å². The van der Waals surface area contributed by atoms with Crippen LogP contribution < -0.4 is 20.0 Å². The van der Waals surface area contributed by atoms with Crippen molar-refractivity contribution in [2.45, 2.75) is 31.3 Å². The number of piperazine rings is 1. The van der Waals surface area contributed by atoms with E-state index in [2.05, 4.69) is 72.5 Å². The van der Waals surface area contributed by atoms with E-state index in [0.717, 1.165) is 81.2 Å². The smallest absolute Gasteiger partial charge is 0.239 e. The molecular weight excluding hydrogens is 568 g/mol. The molecule has 0 radical (unpaired) electrons. The first-order chi connectivity index (χ1) is 22.1. The SMILES string of the molecule is COc1nc(N2CCC(N3CCN(C)CC3)CC2)c(-c2cnn(C)c2)cc1Nc1cc(N2OCC[C@@H]2c2ccccc2)ncn1. The molecule has 236 valence electrons. The Balaban J connectivity index is 1.15. The lowest BCUT2D eigenvalue weighted by Gasteiger charge is -2.42. The van der Waals surface area contributed by atoms with Crippen LogP contribution in [0.5, 0.6) is 5.88 Å². The molecule has 0 saturated carbocycles. The van der Waals surface area contributed by atoms with Gasteiger partial charge in [-0.15, -0.1) is 0 Å². The fourth-order valence-electron chi connectivity index (χ4n) is 6.72. The Kier molecular flexibility index (Phi) is 8.51. The van der Waals surface area contributed by atoms with Gasteiger partial charge in [0.05, 0.1) is 26.0 Å². The monoisotopic (exact) mass is 610 g/mol. The number of likely N-dealkylation sites (N-methyl/N-ethyl adjacent to an activating group) is 1. The van der Waals surface area contributed by atoms with Gasteiger partial charge in [0.25, 0.3) is 0 Å². The number of aromatic nitrogens is 5. The summed E-state index contributed by atoms with van der Waals surface area (Å²) in [6, 6.07) is 15.1. The number of aryl methyl sites for hydroxylation is 1. The summed E-state index contributed by atoms with van der Waals surface area (Å²) in [5.74, 6) is 2.75. The highest BCUT2D eigenvalue weighted by molar-refractivity contribution is 5.81. The van der Waals surface area contributed by atoms with Crippen molar-refractivity contribution >= 4 is 23.1 Å². The summed E-state index contributed by atoms with van der Waals surface area (Å²) in [5, 5.41) is 9.82. The number of hydroxylamine groups is 1. The molecule has 0 spiro atoms. The first-order valence-electron chi connectivity index (χ1n) is 15.9. The lowest BCUT2D eigenvalue weighted by atomic mass is 10.0. The number of methoxy groups -OCH3 is 1. The molecule has 6 heterocycles. The number of hydrogen-bond donors (Lipinski definition) is 1. The highest BCUT2D eigenvalue weighted by atomic mass is 16.7. The second-order valence-electron chi connectivity index (χ2n) is 12.1. The molecular formula is C33H42N10O2. The van der Waals surface area contributed by atoms with E-state index in [1.165, 1.54) is 5.56 Å². The molecule has 3 saturated heterocycles. The van der Waals surface area contributed by atoms with Gasteiger partial charge in [-0.25, -0.2) is 15.0 Å². The standard InChI is InChI=1S/C33H42N10O2/c1-39-14-16-41(17-15-39)26-9-12-42(13-10-26)32-27(25-21-36-40(2)22-25)19-28(33(38-32)44-3)37-30-20-31(35-23-34-30)43-29(11-18-45-43)24-7-5-4-6-8-24/h4-8,19-23,26,29H,9-18H2,1-3H3,(H,34,35,37)/t29-/m1/s1. The average Bonchev–Trinajstić information content (AvgIpc) is 3.75. The molecule has 4 aromatic rings. The summed E-state index contributed by atoms with van der Waals surface area (Å²) in [7, 11) is 5.81. The Morgan fingerprint density at radius 2 is 1.73 bits per heavy atom. The van der Waals surface area contributed by atoms with E-state index in [4.69, 9.17) is 14.6 Å². The Morgan fingerprint density at radius 3 is 2.47 bits per heavy atom. The molecule has 1 N–H and O–H groups in total. The minimum Gasteiger partial charge on any atom is -0.479 e. The molecule has 0 aliphatic carbocycles. The number of pyridine rings is 1. The molecule has 0 unspecified atom stereocenters. The van der Waals surface area contributed by atoms with Crippen LogP contribution in [0.1, 0.15) is 30.9 Å². The molecule has 12 heteroatoms. The lowest BCUT2D eigenvalue weighted by Crippen LogP contribution is -2.52. The molecule has 45 heavy (non-hydrogen) atoms. The van der Waals surface area contributed by atoms with Crippen molar-refractivity contribution in [3.63, 3.8) is 0 Å². The zero-order chi connectivity index (χ0) is 30.8. The van der Waals surface area contributed by atoms with E-state index < -0.39 is 0 Å². The summed E-state index contributed by atoms with van der Waals surface area (Å²) in [5.41, 5.74) is 3.93. The quantitative estimate of drug-likeness (QED) is 0.312. The van der Waals surface area contributed by atoms with Crippen LogP contribution in [0.25, 0.3) is 11.1 Å². The van der Waals surface area contributed by atoms with E-state index >= 15 is 0 Å². The molecule has 3 aliphatic rings. The van der Waals surface area contributed by atoms with E-state index in [0.29, 0.717) is 30.2 Å². The Morgan fingerprint density at radius 1 is 0.933 bits per heavy atom. The molecule has 0 amide bonds. The Labute approximate surface area is 264 Å². The van der Waals surface area contributed by atoms with Gasteiger partial charge in [0.15, 0.2) is 5.82 Å². The van der Waals surface area contributed by atoms with Crippen molar-refractivity contribution in [2.75, 3.05) is 75.3 Å². The number of hydrogen-bond acceptors (Lipinski definition) is 11. The van der Waals surface area contributed by atoms with Crippen LogP contribution in [0.4, 0.5) is 23.1 Å². The van der Waals surface area contributed by atoms with E-state index in [-0.39, 0.29) is 6.04 Å². The highest BCUT2D eigenvalue weighted by Gasteiger charge is 2.31. The third-order valence-corrected chi connectivity index (χ3v) is 9.23. The summed E-state index contributed by atoms with van der Waals surface area (Å²) in [4.78, 5) is 27.7. The van der Waals surface area contributed by atoms with Gasteiger partial charge in [0, 0.05) is 82.2 Å². The predicted molar refractivity (Wildman–Crippen MR) is 175 cm³/mol. The number of piperidine rings is 1. The van der Waals surface area contributed by atoms with Crippen molar-refractivity contribution in [2.24, 2.45) is 7.05 Å². The largest absolute Gasteiger partial charge is 0.479 e. The molecule has 3 fully saturated rings. The van der Waals surface area contributed by atoms with E-state index in [1.54, 1.807) is 13.4 Å². The molecule has 3 aliphatic heterocycles. The topological polar surface area (TPSA) is 99.9 Å². The zero-order valence-corrected chi connectivity index (χ0v) is 26.3. The van der Waals surface area contributed by atoms with Gasteiger partial charge in [0.2, 0.25) is 5.88 Å². The van der Waals surface area contributed by atoms with E-state index in [9.17, 15) is 0 Å². The number of rotatable bonds is 8. The maximum absolute atomic E-state index is 6.03. The fourth-order valence-corrected chi connectivity index (χ4v) is 6.72. The first-order valence-corrected chi connectivity index (χ1v) is 15.9. The van der Waals surface area contributed by atoms with Gasteiger partial charge in [-0.3, -0.25) is 14.4 Å². The zero-order valence-electron chi connectivity index (χ0n) is 26.3. The Bertz CT molecular complexity index is 1580. The van der Waals surface area contributed by atoms with Crippen molar-refractivity contribution < 1.29 is 9.57 Å². The normalized spacial score (nSPS) is 20.1. The van der Waals surface area contributed by atoms with Crippen molar-refractivity contribution in [3.8, 4) is 17.0 Å². The van der Waals surface area contributed by atoms with Crippen LogP contribution in [-0.4, -0.2) is 101 Å². The fraction of sp³-hybridized carbons (Fsp3) is 0.455. The summed E-state index contributed by atoms with van der Waals surface area (Å²) in [6.07, 6.45) is 8.61. The van der Waals surface area contributed by atoms with Crippen LogP contribution >= 0.6 is 0 Å². The molecule has 3 aromatic heterocycles. The van der Waals surface area contributed by atoms with Gasteiger partial charge >= 0.3 is 0 Å².